The van der Waals surface area contributed by atoms with Crippen molar-refractivity contribution in [1.29, 1.82) is 5.26 Å². The molecule has 4 rings (SSSR count). The molecule has 1 N–H and O–H groups in total. The monoisotopic (exact) mass is 442 g/mol. The first-order valence-corrected chi connectivity index (χ1v) is 11.4. The number of hydrogen-bond acceptors (Lipinski definition) is 4. The van der Waals surface area contributed by atoms with Crippen LogP contribution in [0.25, 0.3) is 17.1 Å². The number of nitriles is 1. The molecule has 1 aromatic carbocycles. The molecule has 2 heterocycles. The van der Waals surface area contributed by atoms with Gasteiger partial charge in [-0.2, -0.15) is 5.26 Å². The Kier molecular flexibility index (Phi) is 6.62. The molecule has 3 aromatic rings. The maximum absolute atomic E-state index is 12.6. The molecule has 0 radical (unpaired) electrons. The topological polar surface area (TPSA) is 79.9 Å². The van der Waals surface area contributed by atoms with E-state index in [0.717, 1.165) is 47.2 Å². The van der Waals surface area contributed by atoms with Crippen molar-refractivity contribution in [3.05, 3.63) is 70.0 Å². The normalized spacial score (nSPS) is 16.5. The highest BCUT2D eigenvalue weighted by atomic mass is 16.5. The van der Waals surface area contributed by atoms with Gasteiger partial charge in [0.1, 0.15) is 11.7 Å². The molecule has 0 bridgehead atoms. The van der Waals surface area contributed by atoms with Gasteiger partial charge in [0.05, 0.1) is 23.9 Å². The van der Waals surface area contributed by atoms with E-state index in [0.29, 0.717) is 12.2 Å². The van der Waals surface area contributed by atoms with Crippen LogP contribution in [0.4, 0.5) is 0 Å². The minimum atomic E-state index is -0.217. The van der Waals surface area contributed by atoms with Gasteiger partial charge >= 0.3 is 0 Å². The number of pyridine rings is 1. The van der Waals surface area contributed by atoms with Crippen LogP contribution in [0.2, 0.25) is 0 Å². The molecule has 6 nitrogen and oxygen atoms in total. The molecule has 1 unspecified atom stereocenters. The second-order valence-electron chi connectivity index (χ2n) is 8.83. The minimum absolute atomic E-state index is 0.0587. The summed E-state index contributed by atoms with van der Waals surface area (Å²) in [5.74, 6) is -0.217. The molecule has 0 saturated heterocycles. The second-order valence-corrected chi connectivity index (χ2v) is 8.83. The van der Waals surface area contributed by atoms with Crippen LogP contribution in [0.3, 0.4) is 0 Å². The van der Waals surface area contributed by atoms with Gasteiger partial charge in [0.15, 0.2) is 0 Å². The predicted molar refractivity (Wildman–Crippen MR) is 130 cm³/mol. The summed E-state index contributed by atoms with van der Waals surface area (Å²) in [5, 5.41) is 13.9. The third-order valence-corrected chi connectivity index (χ3v) is 6.28. The lowest BCUT2D eigenvalue weighted by Crippen LogP contribution is -2.34. The van der Waals surface area contributed by atoms with Gasteiger partial charge in [-0.1, -0.05) is 24.3 Å². The van der Waals surface area contributed by atoms with Gasteiger partial charge in [-0.15, -0.1) is 0 Å². The number of rotatable bonds is 6. The number of methoxy groups -OCH3 is 1. The lowest BCUT2D eigenvalue weighted by atomic mass is 9.87. The predicted octanol–water partition coefficient (Wildman–Crippen LogP) is 4.61. The molecular formula is C27H30N4O2. The third kappa shape index (κ3) is 4.42. The van der Waals surface area contributed by atoms with Crippen molar-refractivity contribution in [2.45, 2.75) is 52.1 Å². The van der Waals surface area contributed by atoms with E-state index in [2.05, 4.69) is 40.2 Å². The number of ether oxygens (including phenoxy) is 1. The highest BCUT2D eigenvalue weighted by Gasteiger charge is 2.28. The number of fused-ring (bicyclic) bond motifs is 2. The lowest BCUT2D eigenvalue weighted by Gasteiger charge is -2.28. The summed E-state index contributed by atoms with van der Waals surface area (Å²) in [6.45, 7) is 6.32. The molecule has 1 aliphatic rings. The summed E-state index contributed by atoms with van der Waals surface area (Å²) >= 11 is 0. The Labute approximate surface area is 194 Å². The first-order chi connectivity index (χ1) is 15.9. The Morgan fingerprint density at radius 1 is 1.39 bits per heavy atom. The number of carbonyl (C=O) groups excluding carboxylic acids is 1. The fourth-order valence-electron chi connectivity index (χ4n) is 4.99. The van der Waals surface area contributed by atoms with Crippen LogP contribution < -0.4 is 5.32 Å². The smallest absolute Gasteiger partial charge is 0.244 e. The van der Waals surface area contributed by atoms with Crippen molar-refractivity contribution < 1.29 is 9.53 Å². The zero-order chi connectivity index (χ0) is 23.5. The Hall–Kier alpha value is -3.43. The van der Waals surface area contributed by atoms with Crippen LogP contribution in [-0.4, -0.2) is 35.2 Å². The molecule has 1 aliphatic carbocycles. The van der Waals surface area contributed by atoms with E-state index < -0.39 is 0 Å². The van der Waals surface area contributed by atoms with Gasteiger partial charge in [-0.05, 0) is 68.9 Å². The number of aryl methyl sites for hydroxylation is 3. The minimum Gasteiger partial charge on any atom is -0.383 e. The van der Waals surface area contributed by atoms with Gasteiger partial charge in [0, 0.05) is 30.3 Å². The fraction of sp³-hybridized carbons (Fsp3) is 0.370. The van der Waals surface area contributed by atoms with Gasteiger partial charge in [0.25, 0.3) is 0 Å². The summed E-state index contributed by atoms with van der Waals surface area (Å²) in [6, 6.07) is 12.9. The van der Waals surface area contributed by atoms with E-state index in [9.17, 15) is 10.1 Å². The van der Waals surface area contributed by atoms with Gasteiger partial charge in [-0.3, -0.25) is 4.79 Å². The van der Waals surface area contributed by atoms with E-state index in [1.165, 1.54) is 17.2 Å². The maximum atomic E-state index is 12.6. The SMILES string of the molecule is COCC(C)NC(=O)C=Cc1c(C#N)c2c(C)cc(C)nc2n1[C@H]1CCCc2ccccc21. The average Bonchev–Trinajstić information content (AvgIpc) is 3.10. The zero-order valence-corrected chi connectivity index (χ0v) is 19.7. The number of aromatic nitrogens is 2. The average molecular weight is 443 g/mol. The maximum Gasteiger partial charge on any atom is 0.244 e. The summed E-state index contributed by atoms with van der Waals surface area (Å²) in [7, 11) is 1.61. The molecule has 0 saturated carbocycles. The Morgan fingerprint density at radius 2 is 2.18 bits per heavy atom. The third-order valence-electron chi connectivity index (χ3n) is 6.28. The number of nitrogens with zero attached hydrogens (tertiary/aromatic N) is 3. The molecule has 0 spiro atoms. The van der Waals surface area contributed by atoms with Crippen LogP contribution in [-0.2, 0) is 16.0 Å². The van der Waals surface area contributed by atoms with E-state index in [4.69, 9.17) is 9.72 Å². The lowest BCUT2D eigenvalue weighted by molar-refractivity contribution is -0.117. The quantitative estimate of drug-likeness (QED) is 0.565. The molecule has 33 heavy (non-hydrogen) atoms. The second kappa shape index (κ2) is 9.60. The molecule has 0 aliphatic heterocycles. The standard InChI is InChI=1S/C27H30N4O2/c1-17-14-18(2)30-27-26(17)22(15-28)24(12-13-25(32)29-19(3)16-33-4)31(27)23-11-7-9-20-8-5-6-10-21(20)23/h5-6,8,10,12-14,19,23H,7,9,11,16H2,1-4H3,(H,29,32)/t19?,23-/m0/s1. The van der Waals surface area contributed by atoms with Crippen molar-refractivity contribution in [3.63, 3.8) is 0 Å². The Bertz CT molecular complexity index is 1270. The van der Waals surface area contributed by atoms with Crippen molar-refractivity contribution in [2.75, 3.05) is 13.7 Å². The van der Waals surface area contributed by atoms with Crippen LogP contribution >= 0.6 is 0 Å². The summed E-state index contributed by atoms with van der Waals surface area (Å²) < 4.78 is 7.28. The molecule has 1 amide bonds. The zero-order valence-electron chi connectivity index (χ0n) is 19.7. The van der Waals surface area contributed by atoms with Gasteiger partial charge < -0.3 is 14.6 Å². The highest BCUT2D eigenvalue weighted by Crippen LogP contribution is 2.39. The van der Waals surface area contributed by atoms with Crippen molar-refractivity contribution >= 4 is 23.0 Å². The van der Waals surface area contributed by atoms with Gasteiger partial charge in [-0.25, -0.2) is 4.98 Å². The van der Waals surface area contributed by atoms with Crippen molar-refractivity contribution in [1.82, 2.24) is 14.9 Å². The van der Waals surface area contributed by atoms with E-state index in [1.807, 2.05) is 26.8 Å². The van der Waals surface area contributed by atoms with Crippen molar-refractivity contribution in [3.8, 4) is 6.07 Å². The first-order valence-electron chi connectivity index (χ1n) is 11.4. The number of nitrogens with one attached hydrogen (secondary N) is 1. The van der Waals surface area contributed by atoms with Crippen LogP contribution in [0, 0.1) is 25.2 Å². The van der Waals surface area contributed by atoms with Crippen LogP contribution in [0.15, 0.2) is 36.4 Å². The first kappa shape index (κ1) is 22.8. The van der Waals surface area contributed by atoms with Crippen LogP contribution in [0.1, 0.15) is 59.4 Å². The highest BCUT2D eigenvalue weighted by molar-refractivity contribution is 5.96. The van der Waals surface area contributed by atoms with Crippen molar-refractivity contribution in [2.24, 2.45) is 0 Å². The molecule has 2 atom stereocenters. The fourth-order valence-corrected chi connectivity index (χ4v) is 4.99. The van der Waals surface area contributed by atoms with E-state index in [1.54, 1.807) is 13.2 Å². The number of benzene rings is 1. The number of amides is 1. The van der Waals surface area contributed by atoms with E-state index >= 15 is 0 Å². The van der Waals surface area contributed by atoms with Gasteiger partial charge in [0.2, 0.25) is 5.91 Å². The summed E-state index contributed by atoms with van der Waals surface area (Å²) in [4.78, 5) is 17.4. The summed E-state index contributed by atoms with van der Waals surface area (Å²) in [5.41, 5.74) is 6.62. The largest absolute Gasteiger partial charge is 0.383 e. The van der Waals surface area contributed by atoms with Crippen LogP contribution in [0.5, 0.6) is 0 Å². The van der Waals surface area contributed by atoms with E-state index in [-0.39, 0.29) is 18.0 Å². The molecule has 6 heteroatoms. The molecule has 0 fully saturated rings. The molecular weight excluding hydrogens is 412 g/mol. The number of carbonyl (C=O) groups is 1. The number of hydrogen-bond donors (Lipinski definition) is 1. The Balaban J connectivity index is 1.90. The molecule has 170 valence electrons. The molecule has 2 aromatic heterocycles. The Morgan fingerprint density at radius 3 is 2.94 bits per heavy atom. The summed E-state index contributed by atoms with van der Waals surface area (Å²) in [6.07, 6.45) is 6.34.